The van der Waals surface area contributed by atoms with Gasteiger partial charge < -0.3 is 4.74 Å². The SMILES string of the molecule is C1=C([C@H]2CO2)CCC1. The van der Waals surface area contributed by atoms with Crippen LogP contribution in [0, 0.1) is 0 Å². The Morgan fingerprint density at radius 1 is 1.62 bits per heavy atom. The van der Waals surface area contributed by atoms with Crippen molar-refractivity contribution in [2.75, 3.05) is 6.61 Å². The molecular formula is C7H10O. The smallest absolute Gasteiger partial charge is 0.102 e. The minimum Gasteiger partial charge on any atom is -0.368 e. The Morgan fingerprint density at radius 2 is 2.50 bits per heavy atom. The third-order valence-corrected chi connectivity index (χ3v) is 1.82. The zero-order valence-corrected chi connectivity index (χ0v) is 4.89. The maximum absolute atomic E-state index is 5.12. The normalized spacial score (nSPS) is 35.0. The van der Waals surface area contributed by atoms with Gasteiger partial charge in [-0.15, -0.1) is 0 Å². The van der Waals surface area contributed by atoms with E-state index in [0.717, 1.165) is 6.61 Å². The molecule has 1 nitrogen and oxygen atoms in total. The average molecular weight is 110 g/mol. The molecular weight excluding hydrogens is 100 g/mol. The Kier molecular flexibility index (Phi) is 0.908. The summed E-state index contributed by atoms with van der Waals surface area (Å²) in [6.07, 6.45) is 6.82. The highest BCUT2D eigenvalue weighted by atomic mass is 16.6. The minimum absolute atomic E-state index is 0.553. The molecule has 0 aromatic heterocycles. The van der Waals surface area contributed by atoms with Gasteiger partial charge in [-0.3, -0.25) is 0 Å². The molecule has 0 amide bonds. The Labute approximate surface area is 49.3 Å². The predicted octanol–water partition coefficient (Wildman–Crippen LogP) is 1.50. The molecule has 1 saturated heterocycles. The lowest BCUT2D eigenvalue weighted by Crippen LogP contribution is -1.85. The predicted molar refractivity (Wildman–Crippen MR) is 31.7 cm³/mol. The third kappa shape index (κ3) is 0.671. The van der Waals surface area contributed by atoms with Crippen LogP contribution in [-0.2, 0) is 4.74 Å². The van der Waals surface area contributed by atoms with E-state index in [0.29, 0.717) is 6.10 Å². The first-order chi connectivity index (χ1) is 3.97. The molecule has 0 radical (unpaired) electrons. The van der Waals surface area contributed by atoms with Gasteiger partial charge in [0, 0.05) is 0 Å². The highest BCUT2D eigenvalue weighted by Crippen LogP contribution is 2.28. The summed E-state index contributed by atoms with van der Waals surface area (Å²) in [7, 11) is 0. The fourth-order valence-electron chi connectivity index (χ4n) is 1.25. The van der Waals surface area contributed by atoms with Crippen LogP contribution in [0.2, 0.25) is 0 Å². The van der Waals surface area contributed by atoms with Crippen molar-refractivity contribution in [3.05, 3.63) is 11.6 Å². The van der Waals surface area contributed by atoms with Crippen LogP contribution in [0.4, 0.5) is 0 Å². The first-order valence-electron chi connectivity index (χ1n) is 3.27. The molecule has 1 fully saturated rings. The summed E-state index contributed by atoms with van der Waals surface area (Å²) in [5.41, 5.74) is 1.56. The molecule has 0 N–H and O–H groups in total. The van der Waals surface area contributed by atoms with Crippen molar-refractivity contribution < 1.29 is 4.74 Å². The number of hydrogen-bond acceptors (Lipinski definition) is 1. The molecule has 2 aliphatic rings. The van der Waals surface area contributed by atoms with Crippen molar-refractivity contribution in [1.82, 2.24) is 0 Å². The Morgan fingerprint density at radius 3 is 3.00 bits per heavy atom. The number of rotatable bonds is 1. The monoisotopic (exact) mass is 110 g/mol. The van der Waals surface area contributed by atoms with Crippen LogP contribution in [0.25, 0.3) is 0 Å². The van der Waals surface area contributed by atoms with Gasteiger partial charge in [-0.2, -0.15) is 0 Å². The van der Waals surface area contributed by atoms with Crippen LogP contribution < -0.4 is 0 Å². The zero-order valence-electron chi connectivity index (χ0n) is 4.89. The molecule has 0 aromatic rings. The van der Waals surface area contributed by atoms with E-state index in [1.807, 2.05) is 0 Å². The van der Waals surface area contributed by atoms with E-state index in [2.05, 4.69) is 6.08 Å². The maximum Gasteiger partial charge on any atom is 0.102 e. The summed E-state index contributed by atoms with van der Waals surface area (Å²) < 4.78 is 5.12. The molecule has 0 aromatic carbocycles. The van der Waals surface area contributed by atoms with Crippen molar-refractivity contribution in [1.29, 1.82) is 0 Å². The summed E-state index contributed by atoms with van der Waals surface area (Å²) in [6, 6.07) is 0. The maximum atomic E-state index is 5.12. The average Bonchev–Trinajstić information content (AvgIpc) is 2.49. The Balaban J connectivity index is 2.02. The molecule has 0 saturated carbocycles. The van der Waals surface area contributed by atoms with Crippen LogP contribution in [0.3, 0.4) is 0 Å². The summed E-state index contributed by atoms with van der Waals surface area (Å²) in [5.74, 6) is 0. The molecule has 1 aliphatic heterocycles. The summed E-state index contributed by atoms with van der Waals surface area (Å²) in [4.78, 5) is 0. The summed E-state index contributed by atoms with van der Waals surface area (Å²) in [5, 5.41) is 0. The molecule has 0 bridgehead atoms. The van der Waals surface area contributed by atoms with Gasteiger partial charge in [-0.25, -0.2) is 0 Å². The van der Waals surface area contributed by atoms with E-state index in [-0.39, 0.29) is 0 Å². The second kappa shape index (κ2) is 1.59. The molecule has 8 heavy (non-hydrogen) atoms. The molecule has 1 atom stereocenters. The van der Waals surface area contributed by atoms with Gasteiger partial charge in [-0.1, -0.05) is 6.08 Å². The fourth-order valence-corrected chi connectivity index (χ4v) is 1.25. The van der Waals surface area contributed by atoms with E-state index < -0.39 is 0 Å². The van der Waals surface area contributed by atoms with Gasteiger partial charge in [0.1, 0.15) is 6.10 Å². The molecule has 44 valence electrons. The van der Waals surface area contributed by atoms with Gasteiger partial charge >= 0.3 is 0 Å². The lowest BCUT2D eigenvalue weighted by atomic mass is 10.2. The Bertz CT molecular complexity index is 122. The first kappa shape index (κ1) is 4.57. The van der Waals surface area contributed by atoms with Crippen LogP contribution in [-0.4, -0.2) is 12.7 Å². The van der Waals surface area contributed by atoms with Gasteiger partial charge in [0.2, 0.25) is 0 Å². The standard InChI is InChI=1S/C7H10O/c1-2-4-6(3-1)7-5-8-7/h3,7H,1-2,4-5H2/t7-/m1/s1. The third-order valence-electron chi connectivity index (χ3n) is 1.82. The van der Waals surface area contributed by atoms with Gasteiger partial charge in [0.25, 0.3) is 0 Å². The number of epoxide rings is 1. The van der Waals surface area contributed by atoms with Crippen LogP contribution in [0.5, 0.6) is 0 Å². The van der Waals surface area contributed by atoms with E-state index in [1.165, 1.54) is 19.3 Å². The summed E-state index contributed by atoms with van der Waals surface area (Å²) >= 11 is 0. The first-order valence-corrected chi connectivity index (χ1v) is 3.27. The van der Waals surface area contributed by atoms with Crippen molar-refractivity contribution in [3.63, 3.8) is 0 Å². The zero-order chi connectivity index (χ0) is 5.40. The lowest BCUT2D eigenvalue weighted by molar-refractivity contribution is 0.429. The largest absolute Gasteiger partial charge is 0.368 e. The number of ether oxygens (including phenoxy) is 1. The fraction of sp³-hybridized carbons (Fsp3) is 0.714. The highest BCUT2D eigenvalue weighted by Gasteiger charge is 2.27. The molecule has 1 heterocycles. The summed E-state index contributed by atoms with van der Waals surface area (Å²) in [6.45, 7) is 0.992. The number of allylic oxidation sites excluding steroid dienone is 1. The van der Waals surface area contributed by atoms with Crippen molar-refractivity contribution in [3.8, 4) is 0 Å². The van der Waals surface area contributed by atoms with Crippen molar-refractivity contribution in [2.45, 2.75) is 25.4 Å². The van der Waals surface area contributed by atoms with Crippen molar-refractivity contribution >= 4 is 0 Å². The van der Waals surface area contributed by atoms with Crippen LogP contribution >= 0.6 is 0 Å². The molecule has 1 aliphatic carbocycles. The molecule has 0 spiro atoms. The minimum atomic E-state index is 0.553. The van der Waals surface area contributed by atoms with Gasteiger partial charge in [0.05, 0.1) is 6.61 Å². The van der Waals surface area contributed by atoms with Gasteiger partial charge in [-0.05, 0) is 24.8 Å². The topological polar surface area (TPSA) is 12.5 Å². The van der Waals surface area contributed by atoms with E-state index in [1.54, 1.807) is 5.57 Å². The van der Waals surface area contributed by atoms with Crippen molar-refractivity contribution in [2.24, 2.45) is 0 Å². The van der Waals surface area contributed by atoms with Crippen LogP contribution in [0.15, 0.2) is 11.6 Å². The number of hydrogen-bond donors (Lipinski definition) is 0. The lowest BCUT2D eigenvalue weighted by Gasteiger charge is -1.89. The molecule has 0 unspecified atom stereocenters. The second-order valence-corrected chi connectivity index (χ2v) is 2.49. The molecule has 1 heteroatoms. The van der Waals surface area contributed by atoms with E-state index >= 15 is 0 Å². The van der Waals surface area contributed by atoms with Gasteiger partial charge in [0.15, 0.2) is 0 Å². The molecule has 2 rings (SSSR count). The Hall–Kier alpha value is -0.300. The van der Waals surface area contributed by atoms with Crippen LogP contribution in [0.1, 0.15) is 19.3 Å². The quantitative estimate of drug-likeness (QED) is 0.368. The highest BCUT2D eigenvalue weighted by molar-refractivity contribution is 5.16. The van der Waals surface area contributed by atoms with E-state index in [4.69, 9.17) is 4.74 Å². The van der Waals surface area contributed by atoms with E-state index in [9.17, 15) is 0 Å². The second-order valence-electron chi connectivity index (χ2n) is 2.49.